The van der Waals surface area contributed by atoms with Crippen LogP contribution in [0.5, 0.6) is 0 Å². The van der Waals surface area contributed by atoms with Gasteiger partial charge in [-0.25, -0.2) is 15.0 Å². The molecule has 0 amide bonds. The minimum atomic E-state index is 0.396. The van der Waals surface area contributed by atoms with Crippen molar-refractivity contribution in [2.45, 2.75) is 6.92 Å². The summed E-state index contributed by atoms with van der Waals surface area (Å²) in [5.41, 5.74) is 12.2. The summed E-state index contributed by atoms with van der Waals surface area (Å²) in [6, 6.07) is 19.6. The average Bonchev–Trinajstić information content (AvgIpc) is 3.18. The number of fused-ring (bicyclic) bond motifs is 1. The summed E-state index contributed by atoms with van der Waals surface area (Å²) in [5.74, 6) is 1.05. The van der Waals surface area contributed by atoms with Crippen molar-refractivity contribution in [1.29, 1.82) is 5.26 Å². The summed E-state index contributed by atoms with van der Waals surface area (Å²) in [6.45, 7) is 2.04. The van der Waals surface area contributed by atoms with Crippen LogP contribution >= 0.6 is 0 Å². The molecule has 0 atom stereocenters. The zero-order chi connectivity index (χ0) is 21.4. The third-order valence-electron chi connectivity index (χ3n) is 5.09. The highest BCUT2D eigenvalue weighted by molar-refractivity contribution is 5.85. The van der Waals surface area contributed by atoms with Crippen LogP contribution in [0.3, 0.4) is 0 Å². The predicted octanol–water partition coefficient (Wildman–Crippen LogP) is 4.31. The lowest BCUT2D eigenvalue weighted by molar-refractivity contribution is 1.07. The van der Waals surface area contributed by atoms with Crippen molar-refractivity contribution >= 4 is 17.0 Å². The number of imidazole rings is 1. The maximum Gasteiger partial charge on any atom is 0.165 e. The minimum absolute atomic E-state index is 0.396. The molecule has 4 aromatic heterocycles. The van der Waals surface area contributed by atoms with Gasteiger partial charge in [0.2, 0.25) is 0 Å². The van der Waals surface area contributed by atoms with Crippen molar-refractivity contribution in [3.63, 3.8) is 0 Å². The molecule has 0 fully saturated rings. The number of benzene rings is 1. The summed E-state index contributed by atoms with van der Waals surface area (Å²) in [5, 5.41) is 9.48. The molecule has 4 heterocycles. The molecule has 0 saturated heterocycles. The average molecular weight is 403 g/mol. The number of pyridine rings is 3. The third-order valence-corrected chi connectivity index (χ3v) is 5.09. The van der Waals surface area contributed by atoms with Crippen LogP contribution in [-0.2, 0) is 0 Å². The lowest BCUT2D eigenvalue weighted by Gasteiger charge is -2.11. The van der Waals surface area contributed by atoms with Gasteiger partial charge < -0.3 is 5.73 Å². The Balaban J connectivity index is 1.82. The van der Waals surface area contributed by atoms with Crippen LogP contribution in [0, 0.1) is 18.3 Å². The number of hydrogen-bond donors (Lipinski definition) is 1. The molecule has 0 aliphatic heterocycles. The van der Waals surface area contributed by atoms with E-state index in [1.165, 1.54) is 0 Å². The van der Waals surface area contributed by atoms with E-state index >= 15 is 0 Å². The monoisotopic (exact) mass is 403 g/mol. The predicted molar refractivity (Wildman–Crippen MR) is 119 cm³/mol. The number of nitrogen functional groups attached to an aromatic ring is 1. The Morgan fingerprint density at radius 2 is 1.77 bits per heavy atom. The van der Waals surface area contributed by atoms with Crippen LogP contribution in [0.1, 0.15) is 11.1 Å². The number of rotatable bonds is 3. The maximum atomic E-state index is 9.48. The van der Waals surface area contributed by atoms with Crippen molar-refractivity contribution in [3.05, 3.63) is 84.3 Å². The first-order chi connectivity index (χ1) is 15.2. The van der Waals surface area contributed by atoms with Gasteiger partial charge in [-0.1, -0.05) is 17.7 Å². The van der Waals surface area contributed by atoms with Gasteiger partial charge in [-0.2, -0.15) is 5.26 Å². The van der Waals surface area contributed by atoms with Crippen LogP contribution in [0.4, 0.5) is 5.82 Å². The van der Waals surface area contributed by atoms with Gasteiger partial charge in [0, 0.05) is 29.8 Å². The second-order valence-corrected chi connectivity index (χ2v) is 7.11. The Morgan fingerprint density at radius 1 is 0.935 bits per heavy atom. The molecule has 148 valence electrons. The van der Waals surface area contributed by atoms with E-state index in [0.29, 0.717) is 28.5 Å². The smallest absolute Gasteiger partial charge is 0.165 e. The summed E-state index contributed by atoms with van der Waals surface area (Å²) >= 11 is 0. The highest BCUT2D eigenvalue weighted by atomic mass is 15.1. The Morgan fingerprint density at radius 3 is 2.55 bits per heavy atom. The lowest BCUT2D eigenvalue weighted by atomic mass is 10.1. The van der Waals surface area contributed by atoms with Crippen molar-refractivity contribution in [2.24, 2.45) is 0 Å². The summed E-state index contributed by atoms with van der Waals surface area (Å²) in [4.78, 5) is 18.0. The van der Waals surface area contributed by atoms with E-state index in [2.05, 4.69) is 16.0 Å². The highest BCUT2D eigenvalue weighted by Gasteiger charge is 2.19. The van der Waals surface area contributed by atoms with E-state index in [1.54, 1.807) is 24.7 Å². The Labute approximate surface area is 178 Å². The van der Waals surface area contributed by atoms with E-state index in [1.807, 2.05) is 60.0 Å². The largest absolute Gasteiger partial charge is 0.383 e. The van der Waals surface area contributed by atoms with Crippen LogP contribution in [-0.4, -0.2) is 24.5 Å². The van der Waals surface area contributed by atoms with Crippen molar-refractivity contribution < 1.29 is 0 Å². The second-order valence-electron chi connectivity index (χ2n) is 7.11. The first kappa shape index (κ1) is 18.5. The molecule has 0 spiro atoms. The molecular formula is C24H17N7. The fourth-order valence-electron chi connectivity index (χ4n) is 3.54. The first-order valence-electron chi connectivity index (χ1n) is 9.67. The van der Waals surface area contributed by atoms with Gasteiger partial charge in [0.25, 0.3) is 0 Å². The van der Waals surface area contributed by atoms with Crippen LogP contribution in [0.2, 0.25) is 0 Å². The van der Waals surface area contributed by atoms with Crippen molar-refractivity contribution in [2.75, 3.05) is 5.73 Å². The zero-order valence-corrected chi connectivity index (χ0v) is 16.7. The second kappa shape index (κ2) is 7.35. The summed E-state index contributed by atoms with van der Waals surface area (Å²) < 4.78 is 1.97. The zero-order valence-electron chi connectivity index (χ0n) is 16.7. The van der Waals surface area contributed by atoms with Gasteiger partial charge in [0.1, 0.15) is 17.4 Å². The molecule has 31 heavy (non-hydrogen) atoms. The fourth-order valence-corrected chi connectivity index (χ4v) is 3.54. The van der Waals surface area contributed by atoms with Crippen molar-refractivity contribution in [1.82, 2.24) is 24.5 Å². The Hall–Kier alpha value is -4.57. The number of nitrogens with two attached hydrogens (primary N) is 1. The van der Waals surface area contributed by atoms with Gasteiger partial charge in [0.05, 0.1) is 16.8 Å². The first-order valence-corrected chi connectivity index (χ1v) is 9.67. The molecule has 1 aromatic carbocycles. The summed E-state index contributed by atoms with van der Waals surface area (Å²) in [6.07, 6.45) is 4.85. The topological polar surface area (TPSA) is 106 Å². The van der Waals surface area contributed by atoms with Gasteiger partial charge in [-0.05, 0) is 49.4 Å². The molecule has 0 unspecified atom stereocenters. The van der Waals surface area contributed by atoms with E-state index in [0.717, 1.165) is 27.9 Å². The number of hydrogen-bond acceptors (Lipinski definition) is 6. The maximum absolute atomic E-state index is 9.48. The molecule has 0 aliphatic rings. The minimum Gasteiger partial charge on any atom is -0.383 e. The molecule has 7 heteroatoms. The molecule has 0 aliphatic carbocycles. The Kier molecular flexibility index (Phi) is 4.38. The standard InChI is InChI=1S/C24H17N7/c1-15-4-6-17(7-5-15)31-23(19-3-2-11-28-22(19)26)30-21-9-8-20(29-24(21)31)18-10-12-27-14-16(18)13-25/h2-12,14H,1H3,(H2,26,28). The van der Waals surface area contributed by atoms with Crippen molar-refractivity contribution in [3.8, 4) is 34.4 Å². The molecule has 0 radical (unpaired) electrons. The Bertz CT molecular complexity index is 1460. The quantitative estimate of drug-likeness (QED) is 0.481. The number of nitriles is 1. The normalized spacial score (nSPS) is 10.8. The van der Waals surface area contributed by atoms with E-state index in [-0.39, 0.29) is 0 Å². The van der Waals surface area contributed by atoms with E-state index in [9.17, 15) is 5.26 Å². The molecule has 5 rings (SSSR count). The van der Waals surface area contributed by atoms with Crippen LogP contribution < -0.4 is 5.73 Å². The third kappa shape index (κ3) is 3.16. The molecule has 0 saturated carbocycles. The molecule has 5 aromatic rings. The number of aryl methyl sites for hydroxylation is 1. The van der Waals surface area contributed by atoms with Gasteiger partial charge >= 0.3 is 0 Å². The fraction of sp³-hybridized carbons (Fsp3) is 0.0417. The molecule has 0 bridgehead atoms. The van der Waals surface area contributed by atoms with E-state index in [4.69, 9.17) is 15.7 Å². The number of nitrogens with zero attached hydrogens (tertiary/aromatic N) is 6. The number of anilines is 1. The lowest BCUT2D eigenvalue weighted by Crippen LogP contribution is -2.02. The van der Waals surface area contributed by atoms with Crippen LogP contribution in [0.25, 0.3) is 39.5 Å². The molecular weight excluding hydrogens is 386 g/mol. The summed E-state index contributed by atoms with van der Waals surface area (Å²) in [7, 11) is 0. The highest BCUT2D eigenvalue weighted by Crippen LogP contribution is 2.32. The van der Waals surface area contributed by atoms with Crippen LogP contribution in [0.15, 0.2) is 73.2 Å². The SMILES string of the molecule is Cc1ccc(-n2c(-c3cccnc3N)nc3ccc(-c4ccncc4C#N)nc32)cc1. The number of aromatic nitrogens is 5. The van der Waals surface area contributed by atoms with Gasteiger partial charge in [0.15, 0.2) is 11.5 Å². The molecule has 7 nitrogen and oxygen atoms in total. The van der Waals surface area contributed by atoms with E-state index < -0.39 is 0 Å². The van der Waals surface area contributed by atoms with Gasteiger partial charge in [-0.3, -0.25) is 9.55 Å². The molecule has 2 N–H and O–H groups in total. The van der Waals surface area contributed by atoms with Gasteiger partial charge in [-0.15, -0.1) is 0 Å².